The first-order chi connectivity index (χ1) is 13.0. The maximum atomic E-state index is 12.4. The summed E-state index contributed by atoms with van der Waals surface area (Å²) in [4.78, 5) is 23.6. The zero-order valence-corrected chi connectivity index (χ0v) is 14.9. The lowest BCUT2D eigenvalue weighted by molar-refractivity contribution is -0.112. The second kappa shape index (κ2) is 9.06. The van der Waals surface area contributed by atoms with Gasteiger partial charge >= 0.3 is 5.97 Å². The van der Waals surface area contributed by atoms with Crippen LogP contribution in [0.1, 0.15) is 22.8 Å². The van der Waals surface area contributed by atoms with Gasteiger partial charge in [-0.05, 0) is 55.5 Å². The summed E-state index contributed by atoms with van der Waals surface area (Å²) in [6, 6.07) is 12.7. The number of nitrogens with one attached hydrogen (secondary N) is 1. The number of hydrogen-bond donors (Lipinski definition) is 2. The third-order valence-electron chi connectivity index (χ3n) is 3.57. The van der Waals surface area contributed by atoms with Gasteiger partial charge in [0, 0.05) is 11.3 Å². The Hall–Kier alpha value is -3.79. The molecule has 0 aliphatic rings. The predicted molar refractivity (Wildman–Crippen MR) is 99.8 cm³/mol. The summed E-state index contributed by atoms with van der Waals surface area (Å²) in [6.45, 7) is 2.13. The smallest absolute Gasteiger partial charge is 0.335 e. The molecule has 2 aromatic rings. The maximum Gasteiger partial charge on any atom is 0.335 e. The lowest BCUT2D eigenvalue weighted by atomic mass is 10.1. The van der Waals surface area contributed by atoms with Crippen LogP contribution in [0.2, 0.25) is 0 Å². The molecule has 0 aliphatic heterocycles. The summed E-state index contributed by atoms with van der Waals surface area (Å²) in [7, 11) is 1.53. The Morgan fingerprint density at radius 1 is 1.22 bits per heavy atom. The molecule has 0 fully saturated rings. The minimum absolute atomic E-state index is 0.0255. The fourth-order valence-corrected chi connectivity index (χ4v) is 2.26. The zero-order valence-electron chi connectivity index (χ0n) is 14.9. The van der Waals surface area contributed by atoms with Gasteiger partial charge in [0.1, 0.15) is 23.1 Å². The molecule has 0 aliphatic carbocycles. The van der Waals surface area contributed by atoms with Crippen LogP contribution in [0, 0.1) is 11.3 Å². The van der Waals surface area contributed by atoms with Crippen molar-refractivity contribution in [3.63, 3.8) is 0 Å². The highest BCUT2D eigenvalue weighted by molar-refractivity contribution is 6.10. The Balaban J connectivity index is 2.33. The van der Waals surface area contributed by atoms with E-state index in [-0.39, 0.29) is 11.1 Å². The van der Waals surface area contributed by atoms with E-state index in [0.717, 1.165) is 0 Å². The van der Waals surface area contributed by atoms with E-state index in [9.17, 15) is 14.9 Å². The SMILES string of the molecule is CCOc1ccc(C(=O)O)cc1/C=C(\C#N)C(=O)Nc1ccc(OC)cc1. The molecule has 2 rings (SSSR count). The molecular formula is C20H18N2O5. The van der Waals surface area contributed by atoms with Crippen LogP contribution in [0.4, 0.5) is 5.69 Å². The molecule has 0 radical (unpaired) electrons. The first-order valence-corrected chi connectivity index (χ1v) is 8.05. The molecule has 0 aromatic heterocycles. The molecule has 0 saturated heterocycles. The van der Waals surface area contributed by atoms with Crippen LogP contribution < -0.4 is 14.8 Å². The van der Waals surface area contributed by atoms with Crippen LogP contribution in [-0.4, -0.2) is 30.7 Å². The van der Waals surface area contributed by atoms with Crippen LogP contribution in [0.15, 0.2) is 48.0 Å². The number of rotatable bonds is 7. The van der Waals surface area contributed by atoms with E-state index in [4.69, 9.17) is 14.6 Å². The molecule has 7 heteroatoms. The summed E-state index contributed by atoms with van der Waals surface area (Å²) >= 11 is 0. The zero-order chi connectivity index (χ0) is 19.8. The molecule has 1 amide bonds. The number of amides is 1. The fraction of sp³-hybridized carbons (Fsp3) is 0.150. The Kier molecular flexibility index (Phi) is 6.55. The van der Waals surface area contributed by atoms with E-state index in [1.807, 2.05) is 6.07 Å². The molecule has 7 nitrogen and oxygen atoms in total. The number of nitrogens with zero attached hydrogens (tertiary/aromatic N) is 1. The Morgan fingerprint density at radius 2 is 1.93 bits per heavy atom. The monoisotopic (exact) mass is 366 g/mol. The normalized spacial score (nSPS) is 10.6. The van der Waals surface area contributed by atoms with Gasteiger partial charge in [-0.1, -0.05) is 0 Å². The van der Waals surface area contributed by atoms with E-state index >= 15 is 0 Å². The fourth-order valence-electron chi connectivity index (χ4n) is 2.26. The maximum absolute atomic E-state index is 12.4. The van der Waals surface area contributed by atoms with E-state index in [0.29, 0.717) is 29.4 Å². The molecule has 0 saturated carbocycles. The molecule has 0 spiro atoms. The summed E-state index contributed by atoms with van der Waals surface area (Å²) in [5.74, 6) is -0.719. The highest BCUT2D eigenvalue weighted by Gasteiger charge is 2.13. The number of ether oxygens (including phenoxy) is 2. The Morgan fingerprint density at radius 3 is 2.48 bits per heavy atom. The molecular weight excluding hydrogens is 348 g/mol. The molecule has 138 valence electrons. The van der Waals surface area contributed by atoms with Crippen LogP contribution in [0.25, 0.3) is 6.08 Å². The van der Waals surface area contributed by atoms with Crippen molar-refractivity contribution in [2.24, 2.45) is 0 Å². The lowest BCUT2D eigenvalue weighted by Gasteiger charge is -2.09. The van der Waals surface area contributed by atoms with Crippen molar-refractivity contribution in [3.05, 3.63) is 59.2 Å². The standard InChI is InChI=1S/C20H18N2O5/c1-3-27-18-9-4-13(20(24)25)10-14(18)11-15(12-21)19(23)22-16-5-7-17(26-2)8-6-16/h4-11H,3H2,1-2H3,(H,22,23)(H,24,25)/b15-11+. The molecule has 27 heavy (non-hydrogen) atoms. The minimum Gasteiger partial charge on any atom is -0.497 e. The first kappa shape index (κ1) is 19.5. The van der Waals surface area contributed by atoms with E-state index in [2.05, 4.69) is 5.32 Å². The topological polar surface area (TPSA) is 109 Å². The third kappa shape index (κ3) is 5.09. The average Bonchev–Trinajstić information content (AvgIpc) is 2.67. The highest BCUT2D eigenvalue weighted by atomic mass is 16.5. The van der Waals surface area contributed by atoms with Crippen molar-refractivity contribution >= 4 is 23.6 Å². The number of carbonyl (C=O) groups excluding carboxylic acids is 1. The quantitative estimate of drug-likeness (QED) is 0.575. The molecule has 0 unspecified atom stereocenters. The molecule has 0 bridgehead atoms. The van der Waals surface area contributed by atoms with Crippen LogP contribution in [0.3, 0.4) is 0 Å². The van der Waals surface area contributed by atoms with Gasteiger partial charge in [-0.3, -0.25) is 4.79 Å². The van der Waals surface area contributed by atoms with Crippen molar-refractivity contribution in [1.29, 1.82) is 5.26 Å². The van der Waals surface area contributed by atoms with Crippen molar-refractivity contribution in [2.75, 3.05) is 19.0 Å². The van der Waals surface area contributed by atoms with Crippen molar-refractivity contribution < 1.29 is 24.2 Å². The Bertz CT molecular complexity index is 911. The average molecular weight is 366 g/mol. The molecule has 2 N–H and O–H groups in total. The van der Waals surface area contributed by atoms with Gasteiger partial charge in [0.05, 0.1) is 19.3 Å². The second-order valence-corrected chi connectivity index (χ2v) is 5.34. The van der Waals surface area contributed by atoms with Crippen molar-refractivity contribution in [3.8, 4) is 17.6 Å². The van der Waals surface area contributed by atoms with Crippen molar-refractivity contribution in [1.82, 2.24) is 0 Å². The minimum atomic E-state index is -1.12. The van der Waals surface area contributed by atoms with Gasteiger partial charge in [-0.2, -0.15) is 5.26 Å². The number of hydrogen-bond acceptors (Lipinski definition) is 5. The number of benzene rings is 2. The summed E-state index contributed by atoms with van der Waals surface area (Å²) < 4.78 is 10.5. The van der Waals surface area contributed by atoms with Gasteiger partial charge < -0.3 is 19.9 Å². The van der Waals surface area contributed by atoms with E-state index in [1.54, 1.807) is 31.2 Å². The molecule has 2 aromatic carbocycles. The number of carboxylic acids is 1. The molecule has 0 atom stereocenters. The van der Waals surface area contributed by atoms with Crippen molar-refractivity contribution in [2.45, 2.75) is 6.92 Å². The van der Waals surface area contributed by atoms with E-state index in [1.165, 1.54) is 31.4 Å². The third-order valence-corrected chi connectivity index (χ3v) is 3.57. The van der Waals surface area contributed by atoms with Gasteiger partial charge in [-0.15, -0.1) is 0 Å². The number of nitriles is 1. The number of carbonyl (C=O) groups is 2. The van der Waals surface area contributed by atoms with Gasteiger partial charge in [-0.25, -0.2) is 4.79 Å². The number of methoxy groups -OCH3 is 1. The predicted octanol–water partition coefficient (Wildman–Crippen LogP) is 3.34. The van der Waals surface area contributed by atoms with Gasteiger partial charge in [0.25, 0.3) is 5.91 Å². The largest absolute Gasteiger partial charge is 0.497 e. The summed E-state index contributed by atoms with van der Waals surface area (Å²) in [5.41, 5.74) is 0.663. The first-order valence-electron chi connectivity index (χ1n) is 8.05. The summed E-state index contributed by atoms with van der Waals surface area (Å²) in [6.07, 6.45) is 1.30. The van der Waals surface area contributed by atoms with Crippen LogP contribution >= 0.6 is 0 Å². The van der Waals surface area contributed by atoms with Gasteiger partial charge in [0.15, 0.2) is 0 Å². The van der Waals surface area contributed by atoms with E-state index < -0.39 is 11.9 Å². The second-order valence-electron chi connectivity index (χ2n) is 5.34. The lowest BCUT2D eigenvalue weighted by Crippen LogP contribution is -2.13. The number of aromatic carboxylic acids is 1. The highest BCUT2D eigenvalue weighted by Crippen LogP contribution is 2.24. The summed E-state index contributed by atoms with van der Waals surface area (Å²) in [5, 5.41) is 21.1. The number of carboxylic acid groups (broad SMARTS) is 1. The van der Waals surface area contributed by atoms with Crippen LogP contribution in [0.5, 0.6) is 11.5 Å². The number of anilines is 1. The molecule has 0 heterocycles. The Labute approximate surface area is 156 Å². The van der Waals surface area contributed by atoms with Crippen LogP contribution in [-0.2, 0) is 4.79 Å². The van der Waals surface area contributed by atoms with Gasteiger partial charge in [0.2, 0.25) is 0 Å².